The number of carboxylic acids is 1. The van der Waals surface area contributed by atoms with Gasteiger partial charge in [0, 0.05) is 5.41 Å². The van der Waals surface area contributed by atoms with Crippen LogP contribution in [0.3, 0.4) is 0 Å². The van der Waals surface area contributed by atoms with Crippen molar-refractivity contribution in [1.82, 2.24) is 0 Å². The van der Waals surface area contributed by atoms with E-state index in [1.807, 2.05) is 32.0 Å². The topological polar surface area (TPSA) is 55.8 Å². The van der Waals surface area contributed by atoms with Crippen molar-refractivity contribution in [3.05, 3.63) is 23.8 Å². The Morgan fingerprint density at radius 2 is 2.05 bits per heavy atom. The molecule has 0 aliphatic heterocycles. The predicted octanol–water partition coefficient (Wildman–Crippen LogP) is 2.99. The SMILES string of the molecule is COc1ccc(C(C)(C)CC(=O)O)cc1OC1CC1. The zero-order valence-corrected chi connectivity index (χ0v) is 11.6. The van der Waals surface area contributed by atoms with Crippen LogP contribution in [0.15, 0.2) is 18.2 Å². The molecular formula is C15H20O4. The van der Waals surface area contributed by atoms with E-state index in [-0.39, 0.29) is 12.5 Å². The van der Waals surface area contributed by atoms with Crippen LogP contribution in [0.2, 0.25) is 0 Å². The van der Waals surface area contributed by atoms with E-state index in [0.717, 1.165) is 18.4 Å². The number of carbonyl (C=O) groups is 1. The van der Waals surface area contributed by atoms with E-state index < -0.39 is 11.4 Å². The molecule has 4 heteroatoms. The molecule has 0 heterocycles. The number of carboxylic acid groups (broad SMARTS) is 1. The third-order valence-electron chi connectivity index (χ3n) is 3.36. The molecule has 1 aliphatic rings. The van der Waals surface area contributed by atoms with Gasteiger partial charge < -0.3 is 14.6 Å². The van der Waals surface area contributed by atoms with Crippen LogP contribution in [0.5, 0.6) is 11.5 Å². The number of hydrogen-bond donors (Lipinski definition) is 1. The van der Waals surface area contributed by atoms with E-state index in [1.54, 1.807) is 7.11 Å². The first kappa shape index (κ1) is 13.7. The van der Waals surface area contributed by atoms with Gasteiger partial charge in [0.1, 0.15) is 0 Å². The third kappa shape index (κ3) is 3.40. The summed E-state index contributed by atoms with van der Waals surface area (Å²) in [7, 11) is 1.61. The maximum atomic E-state index is 10.9. The molecule has 1 aliphatic carbocycles. The van der Waals surface area contributed by atoms with Gasteiger partial charge in [0.25, 0.3) is 0 Å². The lowest BCUT2D eigenvalue weighted by Gasteiger charge is -2.24. The fraction of sp³-hybridized carbons (Fsp3) is 0.533. The van der Waals surface area contributed by atoms with Crippen molar-refractivity contribution >= 4 is 5.97 Å². The van der Waals surface area contributed by atoms with Gasteiger partial charge in [-0.25, -0.2) is 0 Å². The maximum absolute atomic E-state index is 10.9. The van der Waals surface area contributed by atoms with Gasteiger partial charge in [-0.3, -0.25) is 4.79 Å². The summed E-state index contributed by atoms with van der Waals surface area (Å²) in [5, 5.41) is 8.98. The van der Waals surface area contributed by atoms with Gasteiger partial charge in [0.05, 0.1) is 19.6 Å². The highest BCUT2D eigenvalue weighted by Gasteiger charge is 2.28. The molecule has 4 nitrogen and oxygen atoms in total. The molecule has 0 saturated heterocycles. The molecule has 0 radical (unpaired) electrons. The van der Waals surface area contributed by atoms with Crippen molar-refractivity contribution in [3.8, 4) is 11.5 Å². The lowest BCUT2D eigenvalue weighted by molar-refractivity contribution is -0.138. The van der Waals surface area contributed by atoms with Gasteiger partial charge in [-0.15, -0.1) is 0 Å². The average Bonchev–Trinajstić information content (AvgIpc) is 3.11. The Balaban J connectivity index is 2.27. The van der Waals surface area contributed by atoms with Crippen molar-refractivity contribution in [2.45, 2.75) is 44.6 Å². The molecule has 0 bridgehead atoms. The first-order valence-corrected chi connectivity index (χ1v) is 6.49. The monoisotopic (exact) mass is 264 g/mol. The largest absolute Gasteiger partial charge is 0.493 e. The van der Waals surface area contributed by atoms with Gasteiger partial charge in [0.2, 0.25) is 0 Å². The van der Waals surface area contributed by atoms with E-state index in [4.69, 9.17) is 14.6 Å². The summed E-state index contributed by atoms with van der Waals surface area (Å²) < 4.78 is 11.1. The Hall–Kier alpha value is -1.71. The molecule has 0 aromatic heterocycles. The summed E-state index contributed by atoms with van der Waals surface area (Å²) in [5.41, 5.74) is 0.520. The number of ether oxygens (including phenoxy) is 2. The molecule has 1 fully saturated rings. The van der Waals surface area contributed by atoms with Crippen molar-refractivity contribution in [1.29, 1.82) is 0 Å². The molecule has 1 saturated carbocycles. The van der Waals surface area contributed by atoms with Crippen molar-refractivity contribution in [3.63, 3.8) is 0 Å². The minimum Gasteiger partial charge on any atom is -0.493 e. The molecule has 1 aromatic rings. The molecule has 0 unspecified atom stereocenters. The Bertz CT molecular complexity index is 475. The van der Waals surface area contributed by atoms with Crippen LogP contribution in [0.4, 0.5) is 0 Å². The summed E-state index contributed by atoms with van der Waals surface area (Å²) in [6.07, 6.45) is 2.52. The molecule has 104 valence electrons. The van der Waals surface area contributed by atoms with Crippen LogP contribution in [0.1, 0.15) is 38.7 Å². The van der Waals surface area contributed by atoms with E-state index in [1.165, 1.54) is 0 Å². The third-order valence-corrected chi connectivity index (χ3v) is 3.36. The Morgan fingerprint density at radius 3 is 2.58 bits per heavy atom. The second-order valence-corrected chi connectivity index (χ2v) is 5.64. The zero-order chi connectivity index (χ0) is 14.0. The molecule has 1 N–H and O–H groups in total. The van der Waals surface area contributed by atoms with Crippen LogP contribution in [-0.2, 0) is 10.2 Å². The summed E-state index contributed by atoms with van der Waals surface area (Å²) in [6, 6.07) is 5.65. The van der Waals surface area contributed by atoms with Gasteiger partial charge in [-0.1, -0.05) is 19.9 Å². The first-order valence-electron chi connectivity index (χ1n) is 6.49. The quantitative estimate of drug-likeness (QED) is 0.858. The van der Waals surface area contributed by atoms with E-state index in [0.29, 0.717) is 11.5 Å². The first-order chi connectivity index (χ1) is 8.92. The Labute approximate surface area is 113 Å². The molecule has 1 aromatic carbocycles. The standard InChI is InChI=1S/C15H20O4/c1-15(2,9-14(16)17)10-4-7-12(18-3)13(8-10)19-11-5-6-11/h4,7-8,11H,5-6,9H2,1-3H3,(H,16,17). The summed E-state index contributed by atoms with van der Waals surface area (Å²) in [5.74, 6) is 0.605. The Morgan fingerprint density at radius 1 is 1.37 bits per heavy atom. The van der Waals surface area contributed by atoms with Crippen molar-refractivity contribution < 1.29 is 19.4 Å². The average molecular weight is 264 g/mol. The highest BCUT2D eigenvalue weighted by molar-refractivity contribution is 5.69. The smallest absolute Gasteiger partial charge is 0.304 e. The van der Waals surface area contributed by atoms with E-state index in [9.17, 15) is 4.79 Å². The number of hydrogen-bond acceptors (Lipinski definition) is 3. The number of methoxy groups -OCH3 is 1. The maximum Gasteiger partial charge on any atom is 0.304 e. The normalized spacial score (nSPS) is 15.1. The molecule has 0 amide bonds. The lowest BCUT2D eigenvalue weighted by atomic mass is 9.81. The van der Waals surface area contributed by atoms with Crippen molar-refractivity contribution in [2.75, 3.05) is 7.11 Å². The van der Waals surface area contributed by atoms with Gasteiger partial charge >= 0.3 is 5.97 Å². The Kier molecular flexibility index (Phi) is 3.69. The van der Waals surface area contributed by atoms with E-state index >= 15 is 0 Å². The highest BCUT2D eigenvalue weighted by atomic mass is 16.5. The molecule has 0 spiro atoms. The summed E-state index contributed by atoms with van der Waals surface area (Å²) >= 11 is 0. The molecule has 2 rings (SSSR count). The second kappa shape index (κ2) is 5.11. The van der Waals surface area contributed by atoms with Gasteiger partial charge in [-0.2, -0.15) is 0 Å². The highest BCUT2D eigenvalue weighted by Crippen LogP contribution is 2.38. The van der Waals surface area contributed by atoms with E-state index in [2.05, 4.69) is 0 Å². The number of aliphatic carboxylic acids is 1. The fourth-order valence-corrected chi connectivity index (χ4v) is 2.04. The second-order valence-electron chi connectivity index (χ2n) is 5.64. The lowest BCUT2D eigenvalue weighted by Crippen LogP contribution is -2.21. The van der Waals surface area contributed by atoms with Crippen LogP contribution in [0.25, 0.3) is 0 Å². The molecule has 0 atom stereocenters. The van der Waals surface area contributed by atoms with Crippen LogP contribution in [0, 0.1) is 0 Å². The van der Waals surface area contributed by atoms with Crippen LogP contribution in [-0.4, -0.2) is 24.3 Å². The minimum atomic E-state index is -0.800. The minimum absolute atomic E-state index is 0.0855. The zero-order valence-electron chi connectivity index (χ0n) is 11.6. The van der Waals surface area contributed by atoms with Crippen LogP contribution >= 0.6 is 0 Å². The number of benzene rings is 1. The van der Waals surface area contributed by atoms with Crippen molar-refractivity contribution in [2.24, 2.45) is 0 Å². The molecule has 19 heavy (non-hydrogen) atoms. The van der Waals surface area contributed by atoms with Gasteiger partial charge in [0.15, 0.2) is 11.5 Å². The van der Waals surface area contributed by atoms with Gasteiger partial charge in [-0.05, 0) is 30.5 Å². The molecular weight excluding hydrogens is 244 g/mol. The predicted molar refractivity (Wildman–Crippen MR) is 71.9 cm³/mol. The fourth-order valence-electron chi connectivity index (χ4n) is 2.04. The summed E-state index contributed by atoms with van der Waals surface area (Å²) in [4.78, 5) is 10.9. The number of rotatable bonds is 6. The summed E-state index contributed by atoms with van der Waals surface area (Å²) in [6.45, 7) is 3.84. The van der Waals surface area contributed by atoms with Crippen LogP contribution < -0.4 is 9.47 Å².